The average Bonchev–Trinajstić information content (AvgIpc) is 3.25. The fraction of sp³-hybridized carbons (Fsp3) is 0.696. The number of ether oxygens (including phenoxy) is 1. The summed E-state index contributed by atoms with van der Waals surface area (Å²) in [6.07, 6.45) is 2.69. The Hall–Kier alpha value is -1.63. The highest BCUT2D eigenvalue weighted by Crippen LogP contribution is 2.14. The van der Waals surface area contributed by atoms with Crippen LogP contribution in [0.3, 0.4) is 0 Å². The molecule has 0 aromatic heterocycles. The standard InChI is InChI=1S/C23H39N5O/c1-19(2)22(28-12-14-29-15-13-28)17-26-23(24-3)25-16-20-6-8-21(9-7-20)18-27-10-4-5-11-27/h6-9,19,22H,4-5,10-18H2,1-3H3,(H2,24,25,26). The lowest BCUT2D eigenvalue weighted by Crippen LogP contribution is -2.52. The van der Waals surface area contributed by atoms with Crippen LogP contribution in [0.15, 0.2) is 29.3 Å². The second kappa shape index (κ2) is 11.5. The lowest BCUT2D eigenvalue weighted by atomic mass is 10.0. The molecule has 1 atom stereocenters. The van der Waals surface area contributed by atoms with Crippen LogP contribution in [0.4, 0.5) is 0 Å². The first-order valence-corrected chi connectivity index (χ1v) is 11.2. The fourth-order valence-electron chi connectivity index (χ4n) is 4.26. The molecular weight excluding hydrogens is 362 g/mol. The van der Waals surface area contributed by atoms with E-state index >= 15 is 0 Å². The van der Waals surface area contributed by atoms with E-state index in [2.05, 4.69) is 63.5 Å². The summed E-state index contributed by atoms with van der Waals surface area (Å²) < 4.78 is 5.51. The molecule has 162 valence electrons. The van der Waals surface area contributed by atoms with E-state index in [0.29, 0.717) is 12.0 Å². The molecule has 0 aliphatic carbocycles. The van der Waals surface area contributed by atoms with Crippen molar-refractivity contribution in [3.8, 4) is 0 Å². The van der Waals surface area contributed by atoms with Crippen molar-refractivity contribution in [1.82, 2.24) is 20.4 Å². The summed E-state index contributed by atoms with van der Waals surface area (Å²) in [6.45, 7) is 13.5. The Balaban J connectivity index is 1.44. The van der Waals surface area contributed by atoms with Gasteiger partial charge in [-0.05, 0) is 43.0 Å². The highest BCUT2D eigenvalue weighted by molar-refractivity contribution is 5.79. The van der Waals surface area contributed by atoms with Crippen LogP contribution >= 0.6 is 0 Å². The van der Waals surface area contributed by atoms with Crippen LogP contribution in [0, 0.1) is 5.92 Å². The van der Waals surface area contributed by atoms with Crippen molar-refractivity contribution in [3.63, 3.8) is 0 Å². The highest BCUT2D eigenvalue weighted by atomic mass is 16.5. The van der Waals surface area contributed by atoms with Gasteiger partial charge >= 0.3 is 0 Å². The van der Waals surface area contributed by atoms with E-state index in [1.807, 2.05) is 7.05 Å². The number of hydrogen-bond acceptors (Lipinski definition) is 4. The first kappa shape index (κ1) is 22.1. The third-order valence-corrected chi connectivity index (χ3v) is 6.07. The van der Waals surface area contributed by atoms with Gasteiger partial charge in [-0.25, -0.2) is 0 Å². The molecule has 0 bridgehead atoms. The molecule has 1 aromatic carbocycles. The zero-order valence-electron chi connectivity index (χ0n) is 18.5. The number of nitrogens with zero attached hydrogens (tertiary/aromatic N) is 3. The molecule has 0 saturated carbocycles. The Morgan fingerprint density at radius 1 is 1.00 bits per heavy atom. The van der Waals surface area contributed by atoms with E-state index in [0.717, 1.165) is 51.9 Å². The van der Waals surface area contributed by atoms with Crippen LogP contribution in [0.5, 0.6) is 0 Å². The van der Waals surface area contributed by atoms with E-state index < -0.39 is 0 Å². The number of rotatable bonds is 8. The Kier molecular flexibility index (Phi) is 8.77. The number of aliphatic imine (C=N–C) groups is 1. The van der Waals surface area contributed by atoms with Gasteiger partial charge < -0.3 is 15.4 Å². The molecule has 6 heteroatoms. The largest absolute Gasteiger partial charge is 0.379 e. The van der Waals surface area contributed by atoms with Crippen LogP contribution < -0.4 is 10.6 Å². The van der Waals surface area contributed by atoms with Crippen molar-refractivity contribution in [1.29, 1.82) is 0 Å². The van der Waals surface area contributed by atoms with Crippen LogP contribution in [0.1, 0.15) is 37.8 Å². The molecule has 2 N–H and O–H groups in total. The molecule has 2 saturated heterocycles. The van der Waals surface area contributed by atoms with Crippen LogP contribution in [-0.4, -0.2) is 74.8 Å². The summed E-state index contributed by atoms with van der Waals surface area (Å²) in [5.74, 6) is 1.45. The van der Waals surface area contributed by atoms with E-state index in [1.165, 1.54) is 37.1 Å². The van der Waals surface area contributed by atoms with Gasteiger partial charge in [0.15, 0.2) is 5.96 Å². The maximum atomic E-state index is 5.51. The molecule has 2 fully saturated rings. The van der Waals surface area contributed by atoms with Crippen molar-refractivity contribution in [3.05, 3.63) is 35.4 Å². The molecule has 1 unspecified atom stereocenters. The molecule has 0 spiro atoms. The average molecular weight is 402 g/mol. The molecule has 0 radical (unpaired) electrons. The summed E-state index contributed by atoms with van der Waals surface area (Å²) in [7, 11) is 1.84. The summed E-state index contributed by atoms with van der Waals surface area (Å²) in [6, 6.07) is 9.48. The second-order valence-corrected chi connectivity index (χ2v) is 8.57. The van der Waals surface area contributed by atoms with Gasteiger partial charge in [-0.2, -0.15) is 0 Å². The third kappa shape index (κ3) is 6.98. The lowest BCUT2D eigenvalue weighted by Gasteiger charge is -2.37. The summed E-state index contributed by atoms with van der Waals surface area (Å²) in [5, 5.41) is 6.99. The summed E-state index contributed by atoms with van der Waals surface area (Å²) in [5.41, 5.74) is 2.69. The topological polar surface area (TPSA) is 52.1 Å². The molecule has 1 aromatic rings. The Morgan fingerprint density at radius 2 is 1.66 bits per heavy atom. The monoisotopic (exact) mass is 401 g/mol. The van der Waals surface area contributed by atoms with Crippen molar-refractivity contribution < 1.29 is 4.74 Å². The number of likely N-dealkylation sites (tertiary alicyclic amines) is 1. The molecule has 0 amide bonds. The van der Waals surface area contributed by atoms with E-state index in [4.69, 9.17) is 4.74 Å². The quantitative estimate of drug-likeness (QED) is 0.517. The second-order valence-electron chi connectivity index (χ2n) is 8.57. The molecule has 6 nitrogen and oxygen atoms in total. The lowest BCUT2D eigenvalue weighted by molar-refractivity contribution is 0.00752. The minimum Gasteiger partial charge on any atom is -0.379 e. The summed E-state index contributed by atoms with van der Waals surface area (Å²) >= 11 is 0. The Labute approximate surface area is 176 Å². The number of hydrogen-bond donors (Lipinski definition) is 2. The zero-order chi connectivity index (χ0) is 20.5. The van der Waals surface area contributed by atoms with Crippen molar-refractivity contribution >= 4 is 5.96 Å². The van der Waals surface area contributed by atoms with E-state index in [9.17, 15) is 0 Å². The predicted octanol–water partition coefficient (Wildman–Crippen LogP) is 2.30. The molecule has 3 rings (SSSR count). The van der Waals surface area contributed by atoms with Crippen LogP contribution in [0.25, 0.3) is 0 Å². The first-order valence-electron chi connectivity index (χ1n) is 11.2. The van der Waals surface area contributed by atoms with Crippen LogP contribution in [-0.2, 0) is 17.8 Å². The Bertz CT molecular complexity index is 619. The third-order valence-electron chi connectivity index (χ3n) is 6.07. The van der Waals surface area contributed by atoms with E-state index in [1.54, 1.807) is 0 Å². The summed E-state index contributed by atoms with van der Waals surface area (Å²) in [4.78, 5) is 9.49. The highest BCUT2D eigenvalue weighted by Gasteiger charge is 2.23. The maximum absolute atomic E-state index is 5.51. The number of morpholine rings is 1. The van der Waals surface area contributed by atoms with Crippen molar-refractivity contribution in [2.24, 2.45) is 10.9 Å². The number of benzene rings is 1. The first-order chi connectivity index (χ1) is 14.2. The van der Waals surface area contributed by atoms with Gasteiger partial charge in [0.05, 0.1) is 13.2 Å². The molecule has 2 aliphatic rings. The van der Waals surface area contributed by atoms with E-state index in [-0.39, 0.29) is 0 Å². The fourth-order valence-corrected chi connectivity index (χ4v) is 4.26. The van der Waals surface area contributed by atoms with Gasteiger partial charge in [0.25, 0.3) is 0 Å². The van der Waals surface area contributed by atoms with Gasteiger partial charge in [-0.15, -0.1) is 0 Å². The molecular formula is C23H39N5O. The van der Waals surface area contributed by atoms with Crippen molar-refractivity contribution in [2.45, 2.75) is 45.8 Å². The number of guanidine groups is 1. The smallest absolute Gasteiger partial charge is 0.191 e. The number of nitrogens with one attached hydrogen (secondary N) is 2. The minimum atomic E-state index is 0.488. The minimum absolute atomic E-state index is 0.488. The molecule has 29 heavy (non-hydrogen) atoms. The SMILES string of the molecule is CN=C(NCc1ccc(CN2CCCC2)cc1)NCC(C(C)C)N1CCOCC1. The van der Waals surface area contributed by atoms with Crippen molar-refractivity contribution in [2.75, 3.05) is 53.0 Å². The predicted molar refractivity (Wildman–Crippen MR) is 120 cm³/mol. The Morgan fingerprint density at radius 3 is 2.28 bits per heavy atom. The molecule has 2 aliphatic heterocycles. The van der Waals surface area contributed by atoms with Gasteiger partial charge in [-0.3, -0.25) is 14.8 Å². The van der Waals surface area contributed by atoms with Crippen LogP contribution in [0.2, 0.25) is 0 Å². The molecule has 2 heterocycles. The van der Waals surface area contributed by atoms with Gasteiger partial charge in [0.1, 0.15) is 0 Å². The normalized spacial score (nSPS) is 20.2. The van der Waals surface area contributed by atoms with Gasteiger partial charge in [0, 0.05) is 45.8 Å². The van der Waals surface area contributed by atoms with Gasteiger partial charge in [-0.1, -0.05) is 38.1 Å². The zero-order valence-corrected chi connectivity index (χ0v) is 18.5. The van der Waals surface area contributed by atoms with Gasteiger partial charge in [0.2, 0.25) is 0 Å². The maximum Gasteiger partial charge on any atom is 0.191 e.